The molecule has 4 heteroatoms. The van der Waals surface area contributed by atoms with Gasteiger partial charge in [-0.15, -0.1) is 0 Å². The maximum absolute atomic E-state index is 5.47. The number of nitrogens with one attached hydrogen (secondary N) is 2. The number of hydrogen-bond acceptors (Lipinski definition) is 2. The van der Waals surface area contributed by atoms with Crippen LogP contribution in [0.3, 0.4) is 0 Å². The van der Waals surface area contributed by atoms with Crippen LogP contribution in [0.1, 0.15) is 111 Å². The first-order valence-corrected chi connectivity index (χ1v) is 18.2. The molecule has 2 aliphatic heterocycles. The van der Waals surface area contributed by atoms with E-state index in [9.17, 15) is 0 Å². The van der Waals surface area contributed by atoms with Gasteiger partial charge in [0.05, 0.1) is 22.8 Å². The van der Waals surface area contributed by atoms with Crippen LogP contribution in [0.5, 0.6) is 0 Å². The van der Waals surface area contributed by atoms with Crippen LogP contribution in [-0.4, -0.2) is 19.9 Å². The highest BCUT2D eigenvalue weighted by Crippen LogP contribution is 2.43. The highest BCUT2D eigenvalue weighted by molar-refractivity contribution is 5.99. The van der Waals surface area contributed by atoms with Gasteiger partial charge in [0.2, 0.25) is 0 Å². The maximum Gasteiger partial charge on any atom is 0.0697 e. The highest BCUT2D eigenvalue weighted by atomic mass is 14.8. The van der Waals surface area contributed by atoms with E-state index in [1.807, 2.05) is 0 Å². The van der Waals surface area contributed by atoms with Crippen LogP contribution in [0, 0.1) is 0 Å². The maximum atomic E-state index is 5.47. The Balaban J connectivity index is 1.48. The van der Waals surface area contributed by atoms with Gasteiger partial charge in [-0.25, -0.2) is 9.97 Å². The van der Waals surface area contributed by atoms with Crippen molar-refractivity contribution in [2.75, 3.05) is 0 Å². The molecule has 4 nitrogen and oxygen atoms in total. The number of hydrogen-bond donors (Lipinski definition) is 2. The molecule has 0 unspecified atom stereocenters. The van der Waals surface area contributed by atoms with Crippen molar-refractivity contribution in [1.82, 2.24) is 19.9 Å². The van der Waals surface area contributed by atoms with E-state index in [0.29, 0.717) is 0 Å². The smallest absolute Gasteiger partial charge is 0.0697 e. The summed E-state index contributed by atoms with van der Waals surface area (Å²) in [7, 11) is 0. The zero-order chi connectivity index (χ0) is 33.1. The van der Waals surface area contributed by atoms with E-state index >= 15 is 0 Å². The van der Waals surface area contributed by atoms with Gasteiger partial charge < -0.3 is 9.97 Å². The van der Waals surface area contributed by atoms with Crippen LogP contribution in [0.15, 0.2) is 60.7 Å². The number of aromatic nitrogens is 4. The monoisotopic (exact) mass is 630 g/mol. The number of nitrogens with zero attached hydrogens (tertiary/aromatic N) is 2. The third-order valence-corrected chi connectivity index (χ3v) is 11.1. The lowest BCUT2D eigenvalue weighted by Gasteiger charge is -2.20. The Morgan fingerprint density at radius 1 is 0.458 bits per heavy atom. The minimum absolute atomic E-state index is 0.888. The summed E-state index contributed by atoms with van der Waals surface area (Å²) in [5.74, 6) is 0. The van der Waals surface area contributed by atoms with Crippen molar-refractivity contribution in [2.45, 2.75) is 92.9 Å². The third-order valence-electron chi connectivity index (χ3n) is 11.1. The van der Waals surface area contributed by atoms with Crippen molar-refractivity contribution in [3.05, 3.63) is 117 Å². The molecule has 8 rings (SSSR count). The number of rotatable bonds is 6. The van der Waals surface area contributed by atoms with Gasteiger partial charge in [0.1, 0.15) is 0 Å². The van der Waals surface area contributed by atoms with Crippen LogP contribution in [0.4, 0.5) is 0 Å². The summed E-state index contributed by atoms with van der Waals surface area (Å²) in [5.41, 5.74) is 22.9. The average molecular weight is 631 g/mol. The van der Waals surface area contributed by atoms with E-state index in [1.165, 1.54) is 88.5 Å². The number of fused-ring (bicyclic) bond motifs is 12. The van der Waals surface area contributed by atoms with E-state index in [-0.39, 0.29) is 0 Å². The first-order valence-electron chi connectivity index (χ1n) is 18.2. The van der Waals surface area contributed by atoms with Gasteiger partial charge in [-0.05, 0) is 129 Å². The van der Waals surface area contributed by atoms with Crippen molar-refractivity contribution < 1.29 is 0 Å². The van der Waals surface area contributed by atoms with E-state index < -0.39 is 0 Å². The highest BCUT2D eigenvalue weighted by Gasteiger charge is 2.28. The lowest BCUT2D eigenvalue weighted by Crippen LogP contribution is -2.05. The van der Waals surface area contributed by atoms with E-state index in [4.69, 9.17) is 9.97 Å². The second-order valence-corrected chi connectivity index (χ2v) is 13.5. The molecule has 3 aromatic heterocycles. The first kappa shape index (κ1) is 30.6. The minimum Gasteiger partial charge on any atom is -0.355 e. The van der Waals surface area contributed by atoms with Gasteiger partial charge in [0.15, 0.2) is 0 Å². The van der Waals surface area contributed by atoms with Gasteiger partial charge in [-0.3, -0.25) is 0 Å². The molecule has 5 aromatic rings. The largest absolute Gasteiger partial charge is 0.355 e. The molecule has 242 valence electrons. The summed E-state index contributed by atoms with van der Waals surface area (Å²) in [6, 6.07) is 22.9. The fourth-order valence-corrected chi connectivity index (χ4v) is 8.75. The Labute approximate surface area is 284 Å². The van der Waals surface area contributed by atoms with Crippen molar-refractivity contribution in [2.24, 2.45) is 0 Å². The fourth-order valence-electron chi connectivity index (χ4n) is 8.75. The van der Waals surface area contributed by atoms with Gasteiger partial charge >= 0.3 is 0 Å². The number of aromatic amines is 2. The topological polar surface area (TPSA) is 57.4 Å². The molecule has 0 atom stereocenters. The standard InChI is InChI=1S/C44H46N4/c1-7-29-30(8-2)38-22-40-32(10-4)34(12-6)42(47-40)24-44-36-20-28-18-26-16-14-13-15-25(26)17-27(28)19-35(36)43(48-44)23-41-33(11-5)31(9-3)39(46-41)21-37(29)45-38/h13-18,21-24,45-46H,7-12,19-20H2,1-6H3. The first-order chi connectivity index (χ1) is 23.5. The van der Waals surface area contributed by atoms with Crippen molar-refractivity contribution in [1.29, 1.82) is 0 Å². The minimum atomic E-state index is 0.888. The van der Waals surface area contributed by atoms with E-state index in [1.54, 1.807) is 0 Å². The van der Waals surface area contributed by atoms with Gasteiger partial charge in [0, 0.05) is 34.9 Å². The Morgan fingerprint density at radius 3 is 1.31 bits per heavy atom. The Hall–Kier alpha value is -4.70. The van der Waals surface area contributed by atoms with Crippen LogP contribution in [0.25, 0.3) is 55.1 Å². The zero-order valence-electron chi connectivity index (χ0n) is 29.3. The quantitative estimate of drug-likeness (QED) is 0.196. The molecule has 2 aromatic carbocycles. The molecule has 1 aliphatic carbocycles. The molecule has 0 saturated carbocycles. The van der Waals surface area contributed by atoms with E-state index in [0.717, 1.165) is 74.1 Å². The van der Waals surface area contributed by atoms with Crippen LogP contribution >= 0.6 is 0 Å². The normalized spacial score (nSPS) is 14.2. The SMILES string of the molecule is CCC1=C(CC)c2cc3[nH]c(cc4[nH]c(cc5nc(cc1n2)C1=C5Cc2cc5ccccc5cc2C1)c(CC)c4CC)c(CC)c3CC. The molecule has 0 saturated heterocycles. The summed E-state index contributed by atoms with van der Waals surface area (Å²) in [4.78, 5) is 18.6. The molecule has 5 heterocycles. The molecule has 3 aliphatic rings. The predicted molar refractivity (Wildman–Crippen MR) is 204 cm³/mol. The van der Waals surface area contributed by atoms with Gasteiger partial charge in [-0.1, -0.05) is 77.9 Å². The van der Waals surface area contributed by atoms with Crippen molar-refractivity contribution in [3.8, 4) is 0 Å². The summed E-state index contributed by atoms with van der Waals surface area (Å²) in [5, 5.41) is 2.61. The Morgan fingerprint density at radius 2 is 0.854 bits per heavy atom. The lowest BCUT2D eigenvalue weighted by molar-refractivity contribution is 1.07. The zero-order valence-corrected chi connectivity index (χ0v) is 29.3. The van der Waals surface area contributed by atoms with Crippen LogP contribution < -0.4 is 0 Å². The number of allylic oxidation sites excluding steroid dienone is 4. The average Bonchev–Trinajstić information content (AvgIpc) is 3.82. The number of benzene rings is 2. The predicted octanol–water partition coefficient (Wildman–Crippen LogP) is 11.2. The molecule has 0 fully saturated rings. The van der Waals surface area contributed by atoms with Crippen LogP contribution in [0.2, 0.25) is 0 Å². The van der Waals surface area contributed by atoms with Crippen LogP contribution in [-0.2, 0) is 38.5 Å². The lowest BCUT2D eigenvalue weighted by atomic mass is 9.83. The summed E-state index contributed by atoms with van der Waals surface area (Å²) in [6.45, 7) is 13.7. The summed E-state index contributed by atoms with van der Waals surface area (Å²) < 4.78 is 0. The molecule has 0 amide bonds. The molecular formula is C44H46N4. The van der Waals surface area contributed by atoms with E-state index in [2.05, 4.69) is 112 Å². The number of aryl methyl sites for hydroxylation is 4. The second-order valence-electron chi connectivity index (χ2n) is 13.5. The third kappa shape index (κ3) is 4.79. The van der Waals surface area contributed by atoms with Gasteiger partial charge in [0.25, 0.3) is 0 Å². The Bertz CT molecular complexity index is 2360. The second kappa shape index (κ2) is 12.1. The molecule has 0 radical (unpaired) electrons. The van der Waals surface area contributed by atoms with Crippen molar-refractivity contribution >= 4 is 55.1 Å². The molecular weight excluding hydrogens is 585 g/mol. The molecule has 0 spiro atoms. The molecule has 48 heavy (non-hydrogen) atoms. The number of H-pyrrole nitrogens is 2. The fraction of sp³-hybridized carbons (Fsp3) is 0.318. The molecule has 8 bridgehead atoms. The summed E-state index contributed by atoms with van der Waals surface area (Å²) in [6.07, 6.45) is 7.60. The summed E-state index contributed by atoms with van der Waals surface area (Å²) >= 11 is 0. The Kier molecular flexibility index (Phi) is 7.70. The molecule has 2 N–H and O–H groups in total. The van der Waals surface area contributed by atoms with Crippen molar-refractivity contribution in [3.63, 3.8) is 0 Å². The van der Waals surface area contributed by atoms with Gasteiger partial charge in [-0.2, -0.15) is 0 Å².